The predicted octanol–water partition coefficient (Wildman–Crippen LogP) is 3.71. The van der Waals surface area contributed by atoms with E-state index in [4.69, 9.17) is 0 Å². The monoisotopic (exact) mass is 220 g/mol. The SMILES string of the molecule is Fc1ccc(CCC2CC[Si]CC2)cc1. The van der Waals surface area contributed by atoms with Crippen LogP contribution in [0.3, 0.4) is 0 Å². The van der Waals surface area contributed by atoms with E-state index in [-0.39, 0.29) is 5.82 Å². The number of hydrogen-bond acceptors (Lipinski definition) is 0. The fraction of sp³-hybridized carbons (Fsp3) is 0.538. The topological polar surface area (TPSA) is 0 Å². The van der Waals surface area contributed by atoms with E-state index < -0.39 is 0 Å². The summed E-state index contributed by atoms with van der Waals surface area (Å²) in [6, 6.07) is 9.84. The Hall–Kier alpha value is -0.633. The molecule has 1 aliphatic heterocycles. The van der Waals surface area contributed by atoms with Crippen molar-refractivity contribution in [2.75, 3.05) is 0 Å². The van der Waals surface area contributed by atoms with E-state index in [2.05, 4.69) is 0 Å². The highest BCUT2D eigenvalue weighted by molar-refractivity contribution is 6.35. The molecule has 1 saturated heterocycles. The fourth-order valence-corrected chi connectivity index (χ4v) is 3.67. The second kappa shape index (κ2) is 5.45. The third-order valence-corrected chi connectivity index (χ3v) is 4.50. The van der Waals surface area contributed by atoms with Gasteiger partial charge >= 0.3 is 0 Å². The molecular weight excluding hydrogens is 203 g/mol. The van der Waals surface area contributed by atoms with Crippen LogP contribution in [0.5, 0.6) is 0 Å². The third-order valence-electron chi connectivity index (χ3n) is 3.21. The molecule has 2 heteroatoms. The van der Waals surface area contributed by atoms with Gasteiger partial charge in [-0.3, -0.25) is 0 Å². The summed E-state index contributed by atoms with van der Waals surface area (Å²) in [7, 11) is 1.21. The Morgan fingerprint density at radius 1 is 1.13 bits per heavy atom. The minimum atomic E-state index is -0.127. The van der Waals surface area contributed by atoms with Crippen molar-refractivity contribution >= 4 is 9.52 Å². The molecule has 0 spiro atoms. The summed E-state index contributed by atoms with van der Waals surface area (Å²) in [5, 5.41) is 0. The van der Waals surface area contributed by atoms with Crippen LogP contribution >= 0.6 is 0 Å². The fourth-order valence-electron chi connectivity index (χ4n) is 2.19. The average molecular weight is 220 g/mol. The average Bonchev–Trinajstić information content (AvgIpc) is 2.30. The molecule has 0 bridgehead atoms. The number of benzene rings is 1. The lowest BCUT2D eigenvalue weighted by atomic mass is 9.94. The Kier molecular flexibility index (Phi) is 3.95. The van der Waals surface area contributed by atoms with Crippen LogP contribution in [0, 0.1) is 11.7 Å². The molecule has 0 aliphatic carbocycles. The maximum atomic E-state index is 12.7. The van der Waals surface area contributed by atoms with Gasteiger partial charge < -0.3 is 0 Å². The first-order chi connectivity index (χ1) is 7.34. The van der Waals surface area contributed by atoms with Crippen LogP contribution in [0.25, 0.3) is 0 Å². The van der Waals surface area contributed by atoms with Crippen molar-refractivity contribution in [1.29, 1.82) is 0 Å². The molecule has 0 unspecified atom stereocenters. The van der Waals surface area contributed by atoms with E-state index in [1.54, 1.807) is 12.1 Å². The van der Waals surface area contributed by atoms with E-state index in [0.29, 0.717) is 0 Å². The number of aryl methyl sites for hydroxylation is 1. The molecule has 0 saturated carbocycles. The van der Waals surface area contributed by atoms with Crippen molar-refractivity contribution in [1.82, 2.24) is 0 Å². The van der Waals surface area contributed by atoms with Gasteiger partial charge in [-0.1, -0.05) is 37.1 Å². The zero-order valence-corrected chi connectivity index (χ0v) is 10.0. The molecule has 2 rings (SSSR count). The van der Waals surface area contributed by atoms with Gasteiger partial charge in [-0.2, -0.15) is 0 Å². The predicted molar refractivity (Wildman–Crippen MR) is 62.8 cm³/mol. The molecule has 2 radical (unpaired) electrons. The summed E-state index contributed by atoms with van der Waals surface area (Å²) in [4.78, 5) is 0. The van der Waals surface area contributed by atoms with Crippen LogP contribution in [-0.2, 0) is 6.42 Å². The second-order valence-corrected chi connectivity index (χ2v) is 5.86. The highest BCUT2D eigenvalue weighted by Crippen LogP contribution is 2.25. The van der Waals surface area contributed by atoms with Crippen LogP contribution in [0.1, 0.15) is 24.8 Å². The first kappa shape index (κ1) is 10.9. The van der Waals surface area contributed by atoms with Crippen LogP contribution in [0.2, 0.25) is 12.1 Å². The molecule has 1 aromatic rings. The molecule has 0 aromatic heterocycles. The van der Waals surface area contributed by atoms with E-state index in [1.165, 1.54) is 46.4 Å². The Bertz CT molecular complexity index is 288. The molecule has 1 aromatic carbocycles. The van der Waals surface area contributed by atoms with Crippen molar-refractivity contribution in [3.63, 3.8) is 0 Å². The van der Waals surface area contributed by atoms with Gasteiger partial charge in [0.25, 0.3) is 0 Å². The number of hydrogen-bond donors (Lipinski definition) is 0. The molecule has 0 nitrogen and oxygen atoms in total. The molecule has 15 heavy (non-hydrogen) atoms. The van der Waals surface area contributed by atoms with Gasteiger partial charge in [-0.25, -0.2) is 4.39 Å². The first-order valence-corrected chi connectivity index (χ1v) is 7.21. The summed E-state index contributed by atoms with van der Waals surface area (Å²) >= 11 is 0. The van der Waals surface area contributed by atoms with Crippen LogP contribution in [0.15, 0.2) is 24.3 Å². The second-order valence-electron chi connectivity index (χ2n) is 4.36. The van der Waals surface area contributed by atoms with Gasteiger partial charge in [0.15, 0.2) is 0 Å². The zero-order chi connectivity index (χ0) is 10.5. The lowest BCUT2D eigenvalue weighted by Gasteiger charge is -2.20. The summed E-state index contributed by atoms with van der Waals surface area (Å²) < 4.78 is 12.7. The molecule has 0 atom stereocenters. The van der Waals surface area contributed by atoms with E-state index in [9.17, 15) is 4.39 Å². The third kappa shape index (κ3) is 3.45. The van der Waals surface area contributed by atoms with Crippen LogP contribution < -0.4 is 0 Å². The van der Waals surface area contributed by atoms with E-state index >= 15 is 0 Å². The first-order valence-electron chi connectivity index (χ1n) is 5.80. The van der Waals surface area contributed by atoms with Gasteiger partial charge in [-0.05, 0) is 36.5 Å². The summed E-state index contributed by atoms with van der Waals surface area (Å²) in [6.45, 7) is 0. The summed E-state index contributed by atoms with van der Waals surface area (Å²) in [6.07, 6.45) is 5.24. The minimum absolute atomic E-state index is 0.127. The van der Waals surface area contributed by atoms with Crippen LogP contribution in [0.4, 0.5) is 4.39 Å². The molecule has 1 aliphatic rings. The number of rotatable bonds is 3. The molecule has 0 amide bonds. The summed E-state index contributed by atoms with van der Waals surface area (Å²) in [5.41, 5.74) is 1.28. The Labute approximate surface area is 93.7 Å². The standard InChI is InChI=1S/C13H17FSi/c14-13-5-3-11(4-6-13)1-2-12-7-9-15-10-8-12/h3-6,12H,1-2,7-10H2. The van der Waals surface area contributed by atoms with Gasteiger partial charge in [0.1, 0.15) is 5.82 Å². The molecule has 1 fully saturated rings. The lowest BCUT2D eigenvalue weighted by Crippen LogP contribution is -2.10. The molecule has 80 valence electrons. The van der Waals surface area contributed by atoms with Crippen molar-refractivity contribution in [2.24, 2.45) is 5.92 Å². The van der Waals surface area contributed by atoms with Crippen molar-refractivity contribution in [2.45, 2.75) is 37.8 Å². The largest absolute Gasteiger partial charge is 0.207 e. The lowest BCUT2D eigenvalue weighted by molar-refractivity contribution is 0.441. The number of halogens is 1. The van der Waals surface area contributed by atoms with Gasteiger partial charge in [0.05, 0.1) is 0 Å². The Balaban J connectivity index is 1.79. The van der Waals surface area contributed by atoms with E-state index in [1.807, 2.05) is 12.1 Å². The quantitative estimate of drug-likeness (QED) is 0.681. The Morgan fingerprint density at radius 3 is 2.47 bits per heavy atom. The molecule has 1 heterocycles. The zero-order valence-electron chi connectivity index (χ0n) is 9.01. The van der Waals surface area contributed by atoms with Gasteiger partial charge in [-0.15, -0.1) is 0 Å². The smallest absolute Gasteiger partial charge is 0.123 e. The van der Waals surface area contributed by atoms with Crippen molar-refractivity contribution in [3.8, 4) is 0 Å². The molecule has 0 N–H and O–H groups in total. The van der Waals surface area contributed by atoms with E-state index in [0.717, 1.165) is 12.3 Å². The Morgan fingerprint density at radius 2 is 1.80 bits per heavy atom. The van der Waals surface area contributed by atoms with Crippen molar-refractivity contribution < 1.29 is 4.39 Å². The minimum Gasteiger partial charge on any atom is -0.207 e. The highest BCUT2D eigenvalue weighted by atomic mass is 28.2. The maximum absolute atomic E-state index is 12.7. The maximum Gasteiger partial charge on any atom is 0.123 e. The van der Waals surface area contributed by atoms with Gasteiger partial charge in [0, 0.05) is 9.52 Å². The molecular formula is C13H17FSi. The highest BCUT2D eigenvalue weighted by Gasteiger charge is 2.13. The van der Waals surface area contributed by atoms with Crippen LogP contribution in [-0.4, -0.2) is 9.52 Å². The van der Waals surface area contributed by atoms with Gasteiger partial charge in [0.2, 0.25) is 0 Å². The summed E-state index contributed by atoms with van der Waals surface area (Å²) in [5.74, 6) is 0.800. The normalized spacial score (nSPS) is 17.9. The van der Waals surface area contributed by atoms with Crippen molar-refractivity contribution in [3.05, 3.63) is 35.6 Å².